The fourth-order valence-corrected chi connectivity index (χ4v) is 3.85. The highest BCUT2D eigenvalue weighted by Gasteiger charge is 2.36. The van der Waals surface area contributed by atoms with E-state index in [2.05, 4.69) is 39.4 Å². The van der Waals surface area contributed by atoms with Crippen molar-refractivity contribution in [1.82, 2.24) is 5.32 Å². The van der Waals surface area contributed by atoms with E-state index in [0.717, 1.165) is 29.5 Å². The topological polar surface area (TPSA) is 55.1 Å². The predicted molar refractivity (Wildman–Crippen MR) is 92.5 cm³/mol. The van der Waals surface area contributed by atoms with Gasteiger partial charge in [-0.15, -0.1) is 11.8 Å². The Labute approximate surface area is 139 Å². The number of rotatable bonds is 9. The van der Waals surface area contributed by atoms with Crippen LogP contribution >= 0.6 is 27.7 Å². The third-order valence-electron chi connectivity index (χ3n) is 3.81. The van der Waals surface area contributed by atoms with Crippen LogP contribution in [0, 0.1) is 0 Å². The van der Waals surface area contributed by atoms with Gasteiger partial charge in [0.25, 0.3) is 0 Å². The van der Waals surface area contributed by atoms with Crippen molar-refractivity contribution < 1.29 is 4.79 Å². The average Bonchev–Trinajstić information content (AvgIpc) is 3.24. The summed E-state index contributed by atoms with van der Waals surface area (Å²) in [7, 11) is 0. The SMILES string of the molecule is CC(CCCCSc1ccccc1Br)(NC1CC1)C(N)=O. The number of hydrogen-bond donors (Lipinski definition) is 2. The van der Waals surface area contributed by atoms with Gasteiger partial charge in [0.15, 0.2) is 0 Å². The molecule has 0 spiro atoms. The molecule has 5 heteroatoms. The highest BCUT2D eigenvalue weighted by atomic mass is 79.9. The number of nitrogens with one attached hydrogen (secondary N) is 1. The van der Waals surface area contributed by atoms with Gasteiger partial charge in [0.1, 0.15) is 0 Å². The molecule has 1 fully saturated rings. The van der Waals surface area contributed by atoms with Crippen LogP contribution in [0.15, 0.2) is 33.6 Å². The number of unbranched alkanes of at least 4 members (excludes halogenated alkanes) is 1. The molecule has 1 aliphatic carbocycles. The highest BCUT2D eigenvalue weighted by Crippen LogP contribution is 2.29. The molecule has 0 radical (unpaired) electrons. The molecular formula is C16H23BrN2OS. The van der Waals surface area contributed by atoms with Crippen LogP contribution in [0.4, 0.5) is 0 Å². The maximum atomic E-state index is 11.7. The van der Waals surface area contributed by atoms with Crippen LogP contribution in [0.5, 0.6) is 0 Å². The molecule has 0 saturated heterocycles. The van der Waals surface area contributed by atoms with Crippen LogP contribution in [-0.4, -0.2) is 23.2 Å². The molecule has 0 heterocycles. The van der Waals surface area contributed by atoms with Crippen molar-refractivity contribution in [3.05, 3.63) is 28.7 Å². The largest absolute Gasteiger partial charge is 0.368 e. The summed E-state index contributed by atoms with van der Waals surface area (Å²) >= 11 is 5.41. The molecule has 116 valence electrons. The molecule has 21 heavy (non-hydrogen) atoms. The minimum absolute atomic E-state index is 0.229. The summed E-state index contributed by atoms with van der Waals surface area (Å²) in [4.78, 5) is 12.9. The second-order valence-corrected chi connectivity index (χ2v) is 7.84. The summed E-state index contributed by atoms with van der Waals surface area (Å²) < 4.78 is 1.15. The first-order valence-electron chi connectivity index (χ1n) is 7.46. The number of amides is 1. The van der Waals surface area contributed by atoms with Crippen molar-refractivity contribution in [2.75, 3.05) is 5.75 Å². The Morgan fingerprint density at radius 2 is 2.14 bits per heavy atom. The second-order valence-electron chi connectivity index (χ2n) is 5.85. The molecule has 1 aliphatic rings. The van der Waals surface area contributed by atoms with Gasteiger partial charge in [-0.25, -0.2) is 0 Å². The summed E-state index contributed by atoms with van der Waals surface area (Å²) in [6.07, 6.45) is 5.24. The van der Waals surface area contributed by atoms with Crippen LogP contribution in [0.25, 0.3) is 0 Å². The smallest absolute Gasteiger partial charge is 0.237 e. The van der Waals surface area contributed by atoms with Crippen LogP contribution in [0.1, 0.15) is 39.0 Å². The van der Waals surface area contributed by atoms with E-state index in [0.29, 0.717) is 6.04 Å². The third kappa shape index (κ3) is 5.31. The van der Waals surface area contributed by atoms with Crippen LogP contribution in [0.3, 0.4) is 0 Å². The van der Waals surface area contributed by atoms with E-state index in [1.807, 2.05) is 24.8 Å². The second kappa shape index (κ2) is 7.65. The lowest BCUT2D eigenvalue weighted by Crippen LogP contribution is -2.53. The van der Waals surface area contributed by atoms with Gasteiger partial charge in [-0.05, 0) is 66.4 Å². The number of hydrogen-bond acceptors (Lipinski definition) is 3. The summed E-state index contributed by atoms with van der Waals surface area (Å²) in [6.45, 7) is 1.94. The van der Waals surface area contributed by atoms with Crippen molar-refractivity contribution in [2.24, 2.45) is 5.73 Å². The average molecular weight is 371 g/mol. The van der Waals surface area contributed by atoms with Gasteiger partial charge in [-0.1, -0.05) is 18.6 Å². The molecule has 0 aromatic heterocycles. The number of carbonyl (C=O) groups excluding carboxylic acids is 1. The van der Waals surface area contributed by atoms with Crippen LogP contribution < -0.4 is 11.1 Å². The molecule has 0 bridgehead atoms. The van der Waals surface area contributed by atoms with Gasteiger partial charge in [-0.2, -0.15) is 0 Å². The van der Waals surface area contributed by atoms with Crippen molar-refractivity contribution in [2.45, 2.75) is 55.5 Å². The normalized spacial score (nSPS) is 17.4. The number of primary amides is 1. The summed E-state index contributed by atoms with van der Waals surface area (Å²) in [6, 6.07) is 8.76. The lowest BCUT2D eigenvalue weighted by Gasteiger charge is -2.27. The van der Waals surface area contributed by atoms with E-state index in [4.69, 9.17) is 5.73 Å². The zero-order chi connectivity index (χ0) is 15.3. The summed E-state index contributed by atoms with van der Waals surface area (Å²) in [5.41, 5.74) is 5.02. The van der Waals surface area contributed by atoms with E-state index >= 15 is 0 Å². The van der Waals surface area contributed by atoms with E-state index < -0.39 is 5.54 Å². The minimum atomic E-state index is -0.542. The lowest BCUT2D eigenvalue weighted by atomic mass is 9.94. The monoisotopic (exact) mass is 370 g/mol. The molecule has 3 N–H and O–H groups in total. The van der Waals surface area contributed by atoms with Gasteiger partial charge >= 0.3 is 0 Å². The first-order valence-corrected chi connectivity index (χ1v) is 9.24. The number of nitrogens with two attached hydrogens (primary N) is 1. The van der Waals surface area contributed by atoms with E-state index in [9.17, 15) is 4.79 Å². The number of halogens is 1. The number of carbonyl (C=O) groups is 1. The maximum absolute atomic E-state index is 11.7. The Kier molecular flexibility index (Phi) is 6.14. The van der Waals surface area contributed by atoms with Crippen molar-refractivity contribution in [3.63, 3.8) is 0 Å². The Bertz CT molecular complexity index is 493. The first kappa shape index (κ1) is 16.8. The molecule has 2 rings (SSSR count). The Hall–Kier alpha value is -0.520. The molecule has 0 aliphatic heterocycles. The predicted octanol–water partition coefficient (Wildman–Crippen LogP) is 3.71. The Morgan fingerprint density at radius 3 is 2.76 bits per heavy atom. The van der Waals surface area contributed by atoms with Gasteiger partial charge in [-0.3, -0.25) is 4.79 Å². The van der Waals surface area contributed by atoms with Crippen molar-refractivity contribution in [1.29, 1.82) is 0 Å². The lowest BCUT2D eigenvalue weighted by molar-refractivity contribution is -0.124. The zero-order valence-electron chi connectivity index (χ0n) is 12.4. The number of thioether (sulfide) groups is 1. The highest BCUT2D eigenvalue weighted by molar-refractivity contribution is 9.10. The molecule has 1 aromatic rings. The van der Waals surface area contributed by atoms with Gasteiger partial charge in [0, 0.05) is 15.4 Å². The first-order chi connectivity index (χ1) is 10.0. The van der Waals surface area contributed by atoms with Gasteiger partial charge in [0.2, 0.25) is 5.91 Å². The quantitative estimate of drug-likeness (QED) is 0.514. The standard InChI is InChI=1S/C16H23BrN2OS/c1-16(15(18)20,19-12-8-9-12)10-4-5-11-21-14-7-3-2-6-13(14)17/h2-3,6-7,12,19H,4-5,8-11H2,1H3,(H2,18,20). The molecule has 1 unspecified atom stereocenters. The van der Waals surface area contributed by atoms with Crippen molar-refractivity contribution >= 4 is 33.6 Å². The van der Waals surface area contributed by atoms with E-state index in [-0.39, 0.29) is 5.91 Å². The molecule has 1 saturated carbocycles. The van der Waals surface area contributed by atoms with Crippen molar-refractivity contribution in [3.8, 4) is 0 Å². The van der Waals surface area contributed by atoms with Crippen LogP contribution in [0.2, 0.25) is 0 Å². The van der Waals surface area contributed by atoms with Crippen LogP contribution in [-0.2, 0) is 4.79 Å². The van der Waals surface area contributed by atoms with Gasteiger partial charge < -0.3 is 11.1 Å². The Balaban J connectivity index is 1.70. The fourth-order valence-electron chi connectivity index (χ4n) is 2.27. The zero-order valence-corrected chi connectivity index (χ0v) is 14.8. The molecule has 1 amide bonds. The van der Waals surface area contributed by atoms with E-state index in [1.54, 1.807) is 0 Å². The summed E-state index contributed by atoms with van der Waals surface area (Å²) in [5, 5.41) is 3.40. The van der Waals surface area contributed by atoms with Gasteiger partial charge in [0.05, 0.1) is 5.54 Å². The molecule has 1 atom stereocenters. The number of benzene rings is 1. The third-order valence-corrected chi connectivity index (χ3v) is 5.92. The van der Waals surface area contributed by atoms with E-state index in [1.165, 1.54) is 17.7 Å². The minimum Gasteiger partial charge on any atom is -0.368 e. The maximum Gasteiger partial charge on any atom is 0.237 e. The fraction of sp³-hybridized carbons (Fsp3) is 0.562. The molecular weight excluding hydrogens is 348 g/mol. The molecule has 3 nitrogen and oxygen atoms in total. The summed E-state index contributed by atoms with van der Waals surface area (Å²) in [5.74, 6) is 0.828. The molecule has 1 aromatic carbocycles. The Morgan fingerprint density at radius 1 is 1.43 bits per heavy atom.